The number of nitrogens with one attached hydrogen (secondary N) is 1. The van der Waals surface area contributed by atoms with Crippen LogP contribution in [0.1, 0.15) is 0 Å². The molecule has 0 spiro atoms. The van der Waals surface area contributed by atoms with E-state index in [1.54, 1.807) is 6.26 Å². The third-order valence-corrected chi connectivity index (χ3v) is 2.39. The van der Waals surface area contributed by atoms with Crippen molar-refractivity contribution in [3.05, 3.63) is 55.2 Å². The molecule has 0 radical (unpaired) electrons. The third kappa shape index (κ3) is 1.66. The summed E-state index contributed by atoms with van der Waals surface area (Å²) < 4.78 is 7.59. The summed E-state index contributed by atoms with van der Waals surface area (Å²) in [5.74, 6) is 0. The molecular weight excluding hydrogens is 224 g/mol. The van der Waals surface area contributed by atoms with E-state index in [-0.39, 0.29) is 12.4 Å². The van der Waals surface area contributed by atoms with Crippen LogP contribution < -0.4 is 0 Å². The Balaban J connectivity index is 0.000000963. The fraction of sp³-hybridized carbons (Fsp3) is 0. The van der Waals surface area contributed by atoms with Crippen LogP contribution in [-0.2, 0) is 0 Å². The molecule has 4 heteroatoms. The monoisotopic (exact) mass is 234 g/mol. The third-order valence-electron chi connectivity index (χ3n) is 2.39. The first kappa shape index (κ1) is 10.6. The molecule has 3 rings (SSSR count). The second-order valence-corrected chi connectivity index (χ2v) is 3.31. The quantitative estimate of drug-likeness (QED) is 0.634. The van der Waals surface area contributed by atoms with Crippen LogP contribution in [0, 0.1) is 0 Å². The van der Waals surface area contributed by atoms with Crippen molar-refractivity contribution < 1.29 is 4.42 Å². The maximum atomic E-state index is 5.52. The van der Waals surface area contributed by atoms with Gasteiger partial charge in [-0.1, -0.05) is 12.1 Å². The molecule has 0 amide bonds. The van der Waals surface area contributed by atoms with Crippen LogP contribution in [-0.4, -0.2) is 9.55 Å². The molecule has 3 nitrogen and oxygen atoms in total. The smallest absolute Gasteiger partial charge is 0.150 e. The van der Waals surface area contributed by atoms with Gasteiger partial charge in [0.05, 0.1) is 17.5 Å². The molecule has 0 saturated heterocycles. The van der Waals surface area contributed by atoms with Crippen LogP contribution in [0.4, 0.5) is 0 Å². The Labute approximate surface area is 98.8 Å². The van der Waals surface area contributed by atoms with Gasteiger partial charge in [-0.25, -0.2) is 0 Å². The molecule has 0 aliphatic carbocycles. The van der Waals surface area contributed by atoms with Gasteiger partial charge in [0.15, 0.2) is 0 Å². The van der Waals surface area contributed by atoms with Crippen molar-refractivity contribution in [1.82, 2.24) is 9.55 Å². The number of rotatable bonds is 0. The second kappa shape index (κ2) is 4.33. The lowest BCUT2D eigenvalue weighted by Gasteiger charge is -2.06. The molecule has 1 N–H and O–H groups in total. The van der Waals surface area contributed by atoms with E-state index in [1.165, 1.54) is 0 Å². The molecule has 1 aromatic rings. The minimum Gasteiger partial charge on any atom is -0.463 e. The predicted octanol–water partition coefficient (Wildman–Crippen LogP) is 3.54. The lowest BCUT2D eigenvalue weighted by Crippen LogP contribution is -1.95. The Bertz CT molecular complexity index is 606. The van der Waals surface area contributed by atoms with Gasteiger partial charge in [-0.15, -0.1) is 12.4 Å². The van der Waals surface area contributed by atoms with E-state index in [9.17, 15) is 0 Å². The maximum absolute atomic E-state index is 5.52. The summed E-state index contributed by atoms with van der Waals surface area (Å²) in [5, 5.41) is 0. The van der Waals surface area contributed by atoms with Crippen LogP contribution in [0.5, 0.6) is 0 Å². The number of benzene rings is 1. The summed E-state index contributed by atoms with van der Waals surface area (Å²) in [6.45, 7) is 0. The molecule has 0 aromatic heterocycles. The highest BCUT2D eigenvalue weighted by molar-refractivity contribution is 5.85. The van der Waals surface area contributed by atoms with Crippen molar-refractivity contribution >= 4 is 23.5 Å². The summed E-state index contributed by atoms with van der Waals surface area (Å²) in [6.07, 6.45) is 7.50. The Morgan fingerprint density at radius 1 is 1.12 bits per heavy atom. The van der Waals surface area contributed by atoms with Crippen LogP contribution in [0.3, 0.4) is 0 Å². The zero-order valence-electron chi connectivity index (χ0n) is 8.46. The number of nitrogens with zero attached hydrogens (tertiary/aromatic N) is 1. The molecule has 2 aliphatic rings. The number of halogens is 1. The number of hydrogen-bond donors (Lipinski definition) is 1. The van der Waals surface area contributed by atoms with E-state index in [4.69, 9.17) is 4.42 Å². The first-order valence-corrected chi connectivity index (χ1v) is 4.79. The van der Waals surface area contributed by atoms with Crippen LogP contribution in [0.15, 0.2) is 59.6 Å². The van der Waals surface area contributed by atoms with E-state index in [2.05, 4.69) is 9.55 Å². The van der Waals surface area contributed by atoms with Crippen molar-refractivity contribution in [2.45, 2.75) is 0 Å². The van der Waals surface area contributed by atoms with Gasteiger partial charge in [-0.3, -0.25) is 0 Å². The molecule has 0 bridgehead atoms. The first-order valence-electron chi connectivity index (χ1n) is 4.79. The number of aromatic nitrogens is 2. The summed E-state index contributed by atoms with van der Waals surface area (Å²) in [5.41, 5.74) is 2.97. The van der Waals surface area contributed by atoms with Crippen molar-refractivity contribution in [2.24, 2.45) is 0 Å². The molecule has 2 aliphatic heterocycles. The SMILES string of the molecule is Cl.c1ccc2c(c1)occc1c[nH]ccn2-1. The largest absolute Gasteiger partial charge is 0.463 e. The zero-order valence-corrected chi connectivity index (χ0v) is 9.28. The van der Waals surface area contributed by atoms with Crippen LogP contribution >= 0.6 is 12.4 Å². The van der Waals surface area contributed by atoms with Gasteiger partial charge in [0.1, 0.15) is 5.58 Å². The molecule has 0 saturated carbocycles. The minimum atomic E-state index is 0. The van der Waals surface area contributed by atoms with Gasteiger partial charge in [-0.2, -0.15) is 0 Å². The average molecular weight is 235 g/mol. The average Bonchev–Trinajstić information content (AvgIpc) is 2.48. The Morgan fingerprint density at radius 3 is 2.94 bits per heavy atom. The van der Waals surface area contributed by atoms with E-state index in [0.29, 0.717) is 0 Å². The molecule has 1 aromatic carbocycles. The molecular formula is C12H11ClN2O. The van der Waals surface area contributed by atoms with Crippen LogP contribution in [0.2, 0.25) is 0 Å². The minimum absolute atomic E-state index is 0. The Hall–Kier alpha value is -1.87. The van der Waals surface area contributed by atoms with Crippen molar-refractivity contribution in [3.8, 4) is 5.69 Å². The number of H-pyrrole nitrogens is 1. The molecule has 0 fully saturated rings. The second-order valence-electron chi connectivity index (χ2n) is 3.31. The maximum Gasteiger partial charge on any atom is 0.150 e. The molecule has 0 unspecified atom stereocenters. The number of hydrogen-bond acceptors (Lipinski definition) is 1. The van der Waals surface area contributed by atoms with Gasteiger partial charge in [0.25, 0.3) is 0 Å². The summed E-state index contributed by atoms with van der Waals surface area (Å²) in [7, 11) is 0. The van der Waals surface area contributed by atoms with E-state index < -0.39 is 0 Å². The van der Waals surface area contributed by atoms with Gasteiger partial charge < -0.3 is 14.0 Å². The number of fused-ring (bicyclic) bond motifs is 3. The molecule has 0 atom stereocenters. The number of para-hydroxylation sites is 2. The molecule has 82 valence electrons. The van der Waals surface area contributed by atoms with Crippen LogP contribution in [0.25, 0.3) is 16.8 Å². The molecule has 16 heavy (non-hydrogen) atoms. The van der Waals surface area contributed by atoms with Crippen molar-refractivity contribution in [1.29, 1.82) is 0 Å². The fourth-order valence-corrected chi connectivity index (χ4v) is 1.69. The van der Waals surface area contributed by atoms with Crippen molar-refractivity contribution in [2.75, 3.05) is 0 Å². The summed E-state index contributed by atoms with van der Waals surface area (Å²) >= 11 is 0. The van der Waals surface area contributed by atoms with Gasteiger partial charge >= 0.3 is 0 Å². The van der Waals surface area contributed by atoms with Gasteiger partial charge in [-0.05, 0) is 18.2 Å². The Morgan fingerprint density at radius 2 is 2.00 bits per heavy atom. The van der Waals surface area contributed by atoms with Crippen molar-refractivity contribution in [3.63, 3.8) is 0 Å². The Kier molecular flexibility index (Phi) is 2.88. The fourth-order valence-electron chi connectivity index (χ4n) is 1.69. The highest BCUT2D eigenvalue weighted by Crippen LogP contribution is 2.17. The van der Waals surface area contributed by atoms with E-state index in [1.807, 2.05) is 48.9 Å². The normalized spacial score (nSPS) is 10.0. The standard InChI is InChI=1S/C12H10N2O.ClH/c1-2-4-12-11(3-1)14-7-6-13-9-10(14)5-8-15-12;/h1-9,13H;1H. The summed E-state index contributed by atoms with van der Waals surface area (Å²) in [6, 6.07) is 9.88. The van der Waals surface area contributed by atoms with E-state index >= 15 is 0 Å². The lowest BCUT2D eigenvalue weighted by molar-refractivity contribution is 0.607. The van der Waals surface area contributed by atoms with Gasteiger partial charge in [0, 0.05) is 18.6 Å². The number of aromatic amines is 1. The highest BCUT2D eigenvalue weighted by Gasteiger charge is 2.00. The first-order chi connectivity index (χ1) is 7.45. The lowest BCUT2D eigenvalue weighted by atomic mass is 10.3. The van der Waals surface area contributed by atoms with E-state index in [0.717, 1.165) is 16.8 Å². The van der Waals surface area contributed by atoms with Gasteiger partial charge in [0.2, 0.25) is 0 Å². The zero-order chi connectivity index (χ0) is 10.1. The molecule has 2 heterocycles. The topological polar surface area (TPSA) is 33.9 Å². The highest BCUT2D eigenvalue weighted by atomic mass is 35.5. The summed E-state index contributed by atoms with van der Waals surface area (Å²) in [4.78, 5) is 3.05. The predicted molar refractivity (Wildman–Crippen MR) is 66.0 cm³/mol.